The molecule has 6 heteroatoms. The molecule has 2 atom stereocenters. The van der Waals surface area contributed by atoms with Gasteiger partial charge in [0, 0.05) is 31.0 Å². The zero-order chi connectivity index (χ0) is 22.1. The molecule has 1 aliphatic heterocycles. The molecule has 4 N–H and O–H groups in total. The second kappa shape index (κ2) is 8.67. The molecule has 1 aliphatic rings. The Morgan fingerprint density at radius 3 is 2.66 bits per heavy atom. The highest BCUT2D eigenvalue weighted by atomic mass is 16.7. The molecule has 5 rings (SSSR count). The molecule has 2 unspecified atom stereocenters. The molecule has 0 bridgehead atoms. The maximum atomic E-state index is 9.49. The first-order chi connectivity index (χ1) is 15.7. The van der Waals surface area contributed by atoms with Crippen molar-refractivity contribution in [2.45, 2.75) is 32.0 Å². The number of fused-ring (bicyclic) bond motifs is 1. The molecule has 1 aromatic heterocycles. The number of nitrogens with one attached hydrogen (secondary N) is 1. The van der Waals surface area contributed by atoms with E-state index in [-0.39, 0.29) is 6.10 Å². The highest BCUT2D eigenvalue weighted by molar-refractivity contribution is 5.95. The minimum atomic E-state index is -0.669. The smallest absolute Gasteiger partial charge is 0.182 e. The first kappa shape index (κ1) is 20.6. The van der Waals surface area contributed by atoms with Crippen LogP contribution in [0.15, 0.2) is 71.3 Å². The largest absolute Gasteiger partial charge is 0.488 e. The Labute approximate surface area is 186 Å². The van der Waals surface area contributed by atoms with E-state index in [9.17, 15) is 5.11 Å². The van der Waals surface area contributed by atoms with Gasteiger partial charge in [0.2, 0.25) is 0 Å². The number of hydrogen-bond acceptors (Lipinski definition) is 6. The van der Waals surface area contributed by atoms with Gasteiger partial charge in [0.05, 0.1) is 12.0 Å². The molecule has 0 amide bonds. The molecule has 1 fully saturated rings. The van der Waals surface area contributed by atoms with Gasteiger partial charge in [-0.05, 0) is 46.5 Å². The second-order valence-electron chi connectivity index (χ2n) is 7.98. The number of ether oxygens (including phenoxy) is 2. The lowest BCUT2D eigenvalue weighted by molar-refractivity contribution is 0.156. The van der Waals surface area contributed by atoms with E-state index in [1.165, 1.54) is 0 Å². The summed E-state index contributed by atoms with van der Waals surface area (Å²) in [6.07, 6.45) is 1.55. The molecule has 0 radical (unpaired) electrons. The lowest BCUT2D eigenvalue weighted by Crippen LogP contribution is -2.02. The van der Waals surface area contributed by atoms with Gasteiger partial charge < -0.3 is 30.0 Å². The van der Waals surface area contributed by atoms with Crippen molar-refractivity contribution in [3.63, 3.8) is 0 Å². The molecule has 3 aromatic carbocycles. The molecule has 1 saturated heterocycles. The first-order valence-electron chi connectivity index (χ1n) is 10.7. The van der Waals surface area contributed by atoms with Crippen LogP contribution in [-0.2, 0) is 24.3 Å². The number of hydrogen-bond donors (Lipinski definition) is 3. The number of furan rings is 1. The summed E-state index contributed by atoms with van der Waals surface area (Å²) in [4.78, 5) is 0. The van der Waals surface area contributed by atoms with E-state index >= 15 is 0 Å². The van der Waals surface area contributed by atoms with E-state index in [2.05, 4.69) is 29.6 Å². The number of aliphatic hydroxyl groups excluding tert-OH is 1. The topological polar surface area (TPSA) is 93.2 Å². The zero-order valence-corrected chi connectivity index (χ0v) is 17.9. The van der Waals surface area contributed by atoms with Crippen LogP contribution >= 0.6 is 0 Å². The summed E-state index contributed by atoms with van der Waals surface area (Å²) < 4.78 is 17.2. The molecule has 6 nitrogen and oxygen atoms in total. The van der Waals surface area contributed by atoms with Crippen molar-refractivity contribution in [1.29, 1.82) is 0 Å². The Balaban J connectivity index is 1.45. The summed E-state index contributed by atoms with van der Waals surface area (Å²) in [7, 11) is 1.89. The number of aliphatic hydroxyl groups is 1. The van der Waals surface area contributed by atoms with Crippen LogP contribution < -0.4 is 15.8 Å². The third-order valence-corrected chi connectivity index (χ3v) is 5.85. The van der Waals surface area contributed by atoms with E-state index in [1.807, 2.05) is 43.4 Å². The van der Waals surface area contributed by atoms with Crippen molar-refractivity contribution in [1.82, 2.24) is 0 Å². The van der Waals surface area contributed by atoms with E-state index < -0.39 is 6.29 Å². The first-order valence-corrected chi connectivity index (χ1v) is 10.7. The lowest BCUT2D eigenvalue weighted by Gasteiger charge is -2.11. The van der Waals surface area contributed by atoms with Crippen LogP contribution in [-0.4, -0.2) is 24.5 Å². The van der Waals surface area contributed by atoms with Crippen molar-refractivity contribution in [2.24, 2.45) is 5.73 Å². The van der Waals surface area contributed by atoms with Gasteiger partial charge in [-0.1, -0.05) is 36.4 Å². The fourth-order valence-corrected chi connectivity index (χ4v) is 4.00. The summed E-state index contributed by atoms with van der Waals surface area (Å²) in [6.45, 7) is 0.871. The lowest BCUT2D eigenvalue weighted by atomic mass is 10.00. The molecule has 0 aliphatic carbocycles. The predicted molar refractivity (Wildman–Crippen MR) is 124 cm³/mol. The minimum Gasteiger partial charge on any atom is -0.488 e. The summed E-state index contributed by atoms with van der Waals surface area (Å²) in [5, 5.41) is 13.7. The van der Waals surface area contributed by atoms with Gasteiger partial charge in [0.25, 0.3) is 0 Å². The highest BCUT2D eigenvalue weighted by Crippen LogP contribution is 2.35. The fraction of sp³-hybridized carbons (Fsp3) is 0.231. The maximum Gasteiger partial charge on any atom is 0.182 e. The van der Waals surface area contributed by atoms with Crippen molar-refractivity contribution < 1.29 is 19.0 Å². The van der Waals surface area contributed by atoms with Gasteiger partial charge in [-0.2, -0.15) is 0 Å². The van der Waals surface area contributed by atoms with E-state index in [0.717, 1.165) is 50.2 Å². The molecule has 164 valence electrons. The third kappa shape index (κ3) is 4.08. The molecular weight excluding hydrogens is 404 g/mol. The van der Waals surface area contributed by atoms with Crippen LogP contribution in [0.1, 0.15) is 16.7 Å². The van der Waals surface area contributed by atoms with Crippen molar-refractivity contribution >= 4 is 16.7 Å². The van der Waals surface area contributed by atoms with Crippen LogP contribution in [0.3, 0.4) is 0 Å². The van der Waals surface area contributed by atoms with Gasteiger partial charge in [-0.3, -0.25) is 0 Å². The third-order valence-electron chi connectivity index (χ3n) is 5.85. The standard InChI is InChI=1S/C26H26N2O4/c1-28-22-11-19(17-7-4-5-16(9-17)13-27)10-21-20(15-31-25(21)22)14-30-23-8-3-2-6-18(23)12-24-26(29)32-24/h2-11,15,24,26,28-29H,12-14,27H2,1H3. The highest BCUT2D eigenvalue weighted by Gasteiger charge is 2.37. The Morgan fingerprint density at radius 1 is 1.03 bits per heavy atom. The van der Waals surface area contributed by atoms with Crippen LogP contribution in [0, 0.1) is 0 Å². The second-order valence-corrected chi connectivity index (χ2v) is 7.98. The van der Waals surface area contributed by atoms with Crippen LogP contribution in [0.5, 0.6) is 5.75 Å². The molecule has 32 heavy (non-hydrogen) atoms. The molecule has 0 spiro atoms. The Morgan fingerprint density at radius 2 is 1.88 bits per heavy atom. The van der Waals surface area contributed by atoms with Crippen molar-refractivity contribution in [3.8, 4) is 16.9 Å². The summed E-state index contributed by atoms with van der Waals surface area (Å²) >= 11 is 0. The average molecular weight is 431 g/mol. The van der Waals surface area contributed by atoms with Gasteiger partial charge in [0.1, 0.15) is 18.5 Å². The number of epoxide rings is 1. The monoisotopic (exact) mass is 430 g/mol. The maximum absolute atomic E-state index is 9.49. The Kier molecular flexibility index (Phi) is 5.57. The summed E-state index contributed by atoms with van der Waals surface area (Å²) in [5.74, 6) is 0.783. The Hall–Kier alpha value is -3.32. The number of rotatable bonds is 8. The quantitative estimate of drug-likeness (QED) is 0.358. The predicted octanol–water partition coefficient (Wildman–Crippen LogP) is 4.44. The van der Waals surface area contributed by atoms with Crippen LogP contribution in [0.4, 0.5) is 5.69 Å². The minimum absolute atomic E-state index is 0.153. The van der Waals surface area contributed by atoms with Gasteiger partial charge in [-0.25, -0.2) is 0 Å². The van der Waals surface area contributed by atoms with Crippen molar-refractivity contribution in [3.05, 3.63) is 83.6 Å². The van der Waals surface area contributed by atoms with Crippen molar-refractivity contribution in [2.75, 3.05) is 12.4 Å². The van der Waals surface area contributed by atoms with E-state index in [0.29, 0.717) is 19.6 Å². The van der Waals surface area contributed by atoms with E-state index in [4.69, 9.17) is 19.6 Å². The van der Waals surface area contributed by atoms with Gasteiger partial charge in [0.15, 0.2) is 11.9 Å². The number of anilines is 1. The summed E-state index contributed by atoms with van der Waals surface area (Å²) in [6, 6.07) is 20.3. The number of nitrogens with two attached hydrogens (primary N) is 1. The van der Waals surface area contributed by atoms with Crippen LogP contribution in [0.2, 0.25) is 0 Å². The zero-order valence-electron chi connectivity index (χ0n) is 17.9. The average Bonchev–Trinajstić information content (AvgIpc) is 3.37. The van der Waals surface area contributed by atoms with Gasteiger partial charge >= 0.3 is 0 Å². The van der Waals surface area contributed by atoms with E-state index in [1.54, 1.807) is 6.26 Å². The molecule has 2 heterocycles. The molecular formula is C26H26N2O4. The summed E-state index contributed by atoms with van der Waals surface area (Å²) in [5.41, 5.74) is 12.8. The van der Waals surface area contributed by atoms with Crippen LogP contribution in [0.25, 0.3) is 22.1 Å². The number of benzene rings is 3. The Bertz CT molecular complexity index is 1250. The molecule has 0 saturated carbocycles. The fourth-order valence-electron chi connectivity index (χ4n) is 4.00. The number of para-hydroxylation sites is 1. The van der Waals surface area contributed by atoms with Gasteiger partial charge in [-0.15, -0.1) is 0 Å². The normalized spacial score (nSPS) is 17.5. The SMILES string of the molecule is CNc1cc(-c2cccc(CN)c2)cc2c(COc3ccccc3CC3OC3O)coc12. The molecule has 4 aromatic rings.